The summed E-state index contributed by atoms with van der Waals surface area (Å²) in [6.07, 6.45) is 5.85. The predicted molar refractivity (Wildman–Crippen MR) is 64.5 cm³/mol. The van der Waals surface area contributed by atoms with Crippen LogP contribution in [0.25, 0.3) is 0 Å². The first kappa shape index (κ1) is 12.0. The lowest BCUT2D eigenvalue weighted by molar-refractivity contribution is -0.126. The number of piperazine rings is 1. The highest BCUT2D eigenvalue weighted by Crippen LogP contribution is 2.25. The van der Waals surface area contributed by atoms with Crippen LogP contribution in [-0.2, 0) is 4.79 Å². The molecule has 3 amide bonds. The minimum absolute atomic E-state index is 0.0538. The Morgan fingerprint density at radius 2 is 2.29 bits per heavy atom. The molecule has 1 aliphatic carbocycles. The Balaban J connectivity index is 2.04. The molecule has 0 aromatic rings. The SMILES string of the molecule is C=CCNC(=O)N1CC(=O)NC2CCCCC21. The predicted octanol–water partition coefficient (Wildman–Crippen LogP) is 0.625. The zero-order valence-corrected chi connectivity index (χ0v) is 9.95. The zero-order valence-electron chi connectivity index (χ0n) is 9.95. The standard InChI is InChI=1S/C12H19N3O2/c1-2-7-13-12(17)15-8-11(16)14-9-5-3-4-6-10(9)15/h2,9-10H,1,3-8H2,(H,13,17)(H,14,16). The lowest BCUT2D eigenvalue weighted by Gasteiger charge is -2.43. The molecule has 2 rings (SSSR count). The van der Waals surface area contributed by atoms with E-state index in [1.54, 1.807) is 11.0 Å². The second-order valence-corrected chi connectivity index (χ2v) is 4.63. The molecule has 2 atom stereocenters. The van der Waals surface area contributed by atoms with Gasteiger partial charge in [0.05, 0.1) is 6.04 Å². The van der Waals surface area contributed by atoms with Crippen LogP contribution in [0.4, 0.5) is 4.79 Å². The van der Waals surface area contributed by atoms with Crippen molar-refractivity contribution in [3.63, 3.8) is 0 Å². The molecule has 0 bridgehead atoms. The molecule has 1 saturated heterocycles. The molecule has 2 aliphatic rings. The molecule has 1 saturated carbocycles. The summed E-state index contributed by atoms with van der Waals surface area (Å²) in [5, 5.41) is 5.72. The van der Waals surface area contributed by atoms with Crippen molar-refractivity contribution >= 4 is 11.9 Å². The Hall–Kier alpha value is -1.52. The molecule has 5 nitrogen and oxygen atoms in total. The van der Waals surface area contributed by atoms with Gasteiger partial charge in [0.2, 0.25) is 5.91 Å². The highest BCUT2D eigenvalue weighted by Gasteiger charge is 2.38. The third-order valence-corrected chi connectivity index (χ3v) is 3.45. The van der Waals surface area contributed by atoms with Gasteiger partial charge in [-0.1, -0.05) is 18.9 Å². The quantitative estimate of drug-likeness (QED) is 0.692. The maximum absolute atomic E-state index is 11.9. The Kier molecular flexibility index (Phi) is 3.66. The van der Waals surface area contributed by atoms with E-state index in [-0.39, 0.29) is 30.6 Å². The van der Waals surface area contributed by atoms with Crippen molar-refractivity contribution in [1.82, 2.24) is 15.5 Å². The van der Waals surface area contributed by atoms with Crippen molar-refractivity contribution < 1.29 is 9.59 Å². The van der Waals surface area contributed by atoms with E-state index in [0.29, 0.717) is 6.54 Å². The molecule has 1 aliphatic heterocycles. The average molecular weight is 237 g/mol. The smallest absolute Gasteiger partial charge is 0.318 e. The van der Waals surface area contributed by atoms with Gasteiger partial charge in [0, 0.05) is 12.6 Å². The summed E-state index contributed by atoms with van der Waals surface area (Å²) < 4.78 is 0. The summed E-state index contributed by atoms with van der Waals surface area (Å²) in [5.41, 5.74) is 0. The Morgan fingerprint density at radius 1 is 1.53 bits per heavy atom. The number of hydrogen-bond donors (Lipinski definition) is 2. The fraction of sp³-hybridized carbons (Fsp3) is 0.667. The molecule has 5 heteroatoms. The summed E-state index contributed by atoms with van der Waals surface area (Å²) in [7, 11) is 0. The minimum Gasteiger partial charge on any atom is -0.350 e. The second kappa shape index (κ2) is 5.21. The van der Waals surface area contributed by atoms with Crippen LogP contribution in [0.15, 0.2) is 12.7 Å². The first-order chi connectivity index (χ1) is 8.22. The van der Waals surface area contributed by atoms with Crippen LogP contribution in [0.3, 0.4) is 0 Å². The van der Waals surface area contributed by atoms with E-state index < -0.39 is 0 Å². The molecule has 2 unspecified atom stereocenters. The van der Waals surface area contributed by atoms with Gasteiger partial charge in [0.25, 0.3) is 0 Å². The topological polar surface area (TPSA) is 61.4 Å². The van der Waals surface area contributed by atoms with Crippen molar-refractivity contribution in [2.75, 3.05) is 13.1 Å². The number of amides is 3. The summed E-state index contributed by atoms with van der Waals surface area (Å²) in [4.78, 5) is 25.2. The maximum Gasteiger partial charge on any atom is 0.318 e. The maximum atomic E-state index is 11.9. The molecule has 94 valence electrons. The van der Waals surface area contributed by atoms with E-state index in [4.69, 9.17) is 0 Å². The third-order valence-electron chi connectivity index (χ3n) is 3.45. The van der Waals surface area contributed by atoms with Crippen molar-refractivity contribution in [2.24, 2.45) is 0 Å². The van der Waals surface area contributed by atoms with Gasteiger partial charge in [0.15, 0.2) is 0 Å². The number of fused-ring (bicyclic) bond motifs is 1. The molecule has 1 heterocycles. The van der Waals surface area contributed by atoms with Crippen molar-refractivity contribution in [3.8, 4) is 0 Å². The second-order valence-electron chi connectivity index (χ2n) is 4.63. The van der Waals surface area contributed by atoms with Gasteiger partial charge < -0.3 is 15.5 Å². The fourth-order valence-corrected chi connectivity index (χ4v) is 2.66. The molecule has 2 fully saturated rings. The van der Waals surface area contributed by atoms with Gasteiger partial charge in [-0.25, -0.2) is 4.79 Å². The average Bonchev–Trinajstić information content (AvgIpc) is 2.34. The number of nitrogens with zero attached hydrogens (tertiary/aromatic N) is 1. The minimum atomic E-state index is -0.156. The molecule has 0 spiro atoms. The highest BCUT2D eigenvalue weighted by molar-refractivity contribution is 5.86. The van der Waals surface area contributed by atoms with Crippen molar-refractivity contribution in [3.05, 3.63) is 12.7 Å². The number of rotatable bonds is 2. The zero-order chi connectivity index (χ0) is 12.3. The lowest BCUT2D eigenvalue weighted by atomic mass is 9.87. The molecule has 17 heavy (non-hydrogen) atoms. The molecule has 0 radical (unpaired) electrons. The number of carbonyl (C=O) groups is 2. The molecular formula is C12H19N3O2. The number of nitrogens with one attached hydrogen (secondary N) is 2. The van der Waals surface area contributed by atoms with Gasteiger partial charge in [-0.05, 0) is 12.8 Å². The van der Waals surface area contributed by atoms with Crippen LogP contribution in [0.1, 0.15) is 25.7 Å². The first-order valence-corrected chi connectivity index (χ1v) is 6.17. The molecular weight excluding hydrogens is 218 g/mol. The Labute approximate surface area is 101 Å². The van der Waals surface area contributed by atoms with E-state index in [2.05, 4.69) is 17.2 Å². The normalized spacial score (nSPS) is 28.0. The van der Waals surface area contributed by atoms with Crippen LogP contribution >= 0.6 is 0 Å². The highest BCUT2D eigenvalue weighted by atomic mass is 16.2. The molecule has 0 aromatic heterocycles. The number of urea groups is 1. The van der Waals surface area contributed by atoms with E-state index in [9.17, 15) is 9.59 Å². The molecule has 2 N–H and O–H groups in total. The van der Waals surface area contributed by atoms with E-state index >= 15 is 0 Å². The van der Waals surface area contributed by atoms with Crippen LogP contribution < -0.4 is 10.6 Å². The van der Waals surface area contributed by atoms with E-state index in [1.807, 2.05) is 0 Å². The first-order valence-electron chi connectivity index (χ1n) is 6.17. The summed E-state index contributed by atoms with van der Waals surface area (Å²) in [6, 6.07) is 0.141. The van der Waals surface area contributed by atoms with Gasteiger partial charge in [-0.2, -0.15) is 0 Å². The third kappa shape index (κ3) is 2.60. The molecule has 0 aromatic carbocycles. The number of carbonyl (C=O) groups excluding carboxylic acids is 2. The van der Waals surface area contributed by atoms with Crippen LogP contribution in [-0.4, -0.2) is 42.0 Å². The monoisotopic (exact) mass is 237 g/mol. The van der Waals surface area contributed by atoms with Crippen LogP contribution in [0.2, 0.25) is 0 Å². The number of hydrogen-bond acceptors (Lipinski definition) is 2. The van der Waals surface area contributed by atoms with Gasteiger partial charge in [0.1, 0.15) is 6.54 Å². The van der Waals surface area contributed by atoms with Gasteiger partial charge in [-0.15, -0.1) is 6.58 Å². The van der Waals surface area contributed by atoms with Gasteiger partial charge >= 0.3 is 6.03 Å². The van der Waals surface area contributed by atoms with Crippen molar-refractivity contribution in [1.29, 1.82) is 0 Å². The van der Waals surface area contributed by atoms with Crippen molar-refractivity contribution in [2.45, 2.75) is 37.8 Å². The van der Waals surface area contributed by atoms with E-state index in [0.717, 1.165) is 25.7 Å². The Morgan fingerprint density at radius 3 is 3.06 bits per heavy atom. The van der Waals surface area contributed by atoms with Crippen LogP contribution in [0, 0.1) is 0 Å². The van der Waals surface area contributed by atoms with Gasteiger partial charge in [-0.3, -0.25) is 4.79 Å². The Bertz CT molecular complexity index is 330. The fourth-order valence-electron chi connectivity index (χ4n) is 2.66. The summed E-state index contributed by atoms with van der Waals surface area (Å²) in [5.74, 6) is -0.0538. The summed E-state index contributed by atoms with van der Waals surface area (Å²) in [6.45, 7) is 4.17. The largest absolute Gasteiger partial charge is 0.350 e. The van der Waals surface area contributed by atoms with E-state index in [1.165, 1.54) is 0 Å². The lowest BCUT2D eigenvalue weighted by Crippen LogP contribution is -2.64. The summed E-state index contributed by atoms with van der Waals surface area (Å²) >= 11 is 0. The van der Waals surface area contributed by atoms with Crippen LogP contribution in [0.5, 0.6) is 0 Å².